The van der Waals surface area contributed by atoms with Crippen molar-refractivity contribution in [3.05, 3.63) is 21.9 Å². The molecule has 0 aliphatic carbocycles. The zero-order valence-electron chi connectivity index (χ0n) is 8.14. The van der Waals surface area contributed by atoms with Gasteiger partial charge in [0.25, 0.3) is 0 Å². The van der Waals surface area contributed by atoms with Crippen LogP contribution in [0, 0.1) is 11.3 Å². The highest BCUT2D eigenvalue weighted by molar-refractivity contribution is 7.10. The minimum Gasteiger partial charge on any atom is -0.198 e. The Kier molecular flexibility index (Phi) is 3.75. The van der Waals surface area contributed by atoms with E-state index in [1.807, 2.05) is 13.0 Å². The first-order valence-corrected chi connectivity index (χ1v) is 5.42. The minimum absolute atomic E-state index is 0.406. The summed E-state index contributed by atoms with van der Waals surface area (Å²) in [6.07, 6.45) is -2.91. The van der Waals surface area contributed by atoms with Gasteiger partial charge in [-0.1, -0.05) is 13.3 Å². The summed E-state index contributed by atoms with van der Waals surface area (Å²) in [5.74, 6) is -0.406. The van der Waals surface area contributed by atoms with Gasteiger partial charge in [-0.15, -0.1) is 11.3 Å². The summed E-state index contributed by atoms with van der Waals surface area (Å²) < 4.78 is 36.8. The second kappa shape index (κ2) is 4.67. The van der Waals surface area contributed by atoms with E-state index < -0.39 is 17.7 Å². The van der Waals surface area contributed by atoms with Gasteiger partial charge < -0.3 is 0 Å². The molecule has 0 saturated carbocycles. The number of alkyl halides is 3. The summed E-state index contributed by atoms with van der Waals surface area (Å²) in [7, 11) is 0. The third-order valence-corrected chi connectivity index (χ3v) is 3.07. The van der Waals surface area contributed by atoms with Crippen molar-refractivity contribution >= 4 is 11.3 Å². The maximum absolute atomic E-state index is 12.3. The number of rotatable bonds is 3. The van der Waals surface area contributed by atoms with E-state index >= 15 is 0 Å². The molecule has 0 saturated heterocycles. The van der Waals surface area contributed by atoms with Gasteiger partial charge in [-0.05, 0) is 12.5 Å². The number of halogens is 3. The monoisotopic (exact) mass is 233 g/mol. The Morgan fingerprint density at radius 2 is 2.20 bits per heavy atom. The topological polar surface area (TPSA) is 23.8 Å². The lowest BCUT2D eigenvalue weighted by Gasteiger charge is -2.04. The van der Waals surface area contributed by atoms with E-state index in [1.165, 1.54) is 0 Å². The Labute approximate surface area is 90.2 Å². The molecule has 1 nitrogen and oxygen atoms in total. The SMILES string of the molecule is CCCC(C#N)c1cc(C(F)(F)F)cs1. The average molecular weight is 233 g/mol. The molecule has 0 aliphatic heterocycles. The molecule has 0 aromatic carbocycles. The molecular formula is C10H10F3NS. The van der Waals surface area contributed by atoms with Crippen LogP contribution in [0.4, 0.5) is 13.2 Å². The van der Waals surface area contributed by atoms with Gasteiger partial charge in [0.1, 0.15) is 0 Å². The fourth-order valence-corrected chi connectivity index (χ4v) is 2.24. The number of nitriles is 1. The van der Waals surface area contributed by atoms with Gasteiger partial charge in [0.2, 0.25) is 0 Å². The first kappa shape index (κ1) is 12.1. The molecule has 0 aliphatic rings. The van der Waals surface area contributed by atoms with Crippen molar-refractivity contribution < 1.29 is 13.2 Å². The lowest BCUT2D eigenvalue weighted by molar-refractivity contribution is -0.137. The van der Waals surface area contributed by atoms with Crippen LogP contribution >= 0.6 is 11.3 Å². The van der Waals surface area contributed by atoms with Gasteiger partial charge in [-0.25, -0.2) is 0 Å². The van der Waals surface area contributed by atoms with E-state index in [0.29, 0.717) is 11.3 Å². The maximum Gasteiger partial charge on any atom is 0.417 e. The number of hydrogen-bond acceptors (Lipinski definition) is 2. The summed E-state index contributed by atoms with van der Waals surface area (Å²) in [4.78, 5) is 0.506. The smallest absolute Gasteiger partial charge is 0.198 e. The van der Waals surface area contributed by atoms with Gasteiger partial charge in [-0.2, -0.15) is 18.4 Å². The molecule has 1 aromatic rings. The molecule has 15 heavy (non-hydrogen) atoms. The Morgan fingerprint density at radius 3 is 2.60 bits per heavy atom. The standard InChI is InChI=1S/C10H10F3NS/c1-2-3-7(5-14)9-4-8(6-15-9)10(11,12)13/h4,6-7H,2-3H2,1H3. The van der Waals surface area contributed by atoms with Gasteiger partial charge in [0, 0.05) is 10.3 Å². The molecule has 1 heterocycles. The van der Waals surface area contributed by atoms with E-state index in [1.54, 1.807) is 0 Å². The quantitative estimate of drug-likeness (QED) is 0.768. The Bertz CT molecular complexity index is 361. The number of nitrogens with zero attached hydrogens (tertiary/aromatic N) is 1. The van der Waals surface area contributed by atoms with Crippen LogP contribution in [0.3, 0.4) is 0 Å². The third kappa shape index (κ3) is 2.96. The Hall–Kier alpha value is -1.02. The number of thiophene rings is 1. The van der Waals surface area contributed by atoms with E-state index in [0.717, 1.165) is 29.2 Å². The maximum atomic E-state index is 12.3. The summed E-state index contributed by atoms with van der Waals surface area (Å²) >= 11 is 1.01. The summed E-state index contributed by atoms with van der Waals surface area (Å²) in [6.45, 7) is 1.91. The second-order valence-electron chi connectivity index (χ2n) is 3.21. The predicted octanol–water partition coefficient (Wildman–Crippen LogP) is 4.17. The van der Waals surface area contributed by atoms with Gasteiger partial charge >= 0.3 is 6.18 Å². The van der Waals surface area contributed by atoms with E-state index in [-0.39, 0.29) is 0 Å². The van der Waals surface area contributed by atoms with Crippen LogP contribution in [0.1, 0.15) is 36.1 Å². The molecule has 0 fully saturated rings. The van der Waals surface area contributed by atoms with Crippen LogP contribution < -0.4 is 0 Å². The van der Waals surface area contributed by atoms with Crippen LogP contribution in [0.5, 0.6) is 0 Å². The Balaban J connectivity index is 2.88. The van der Waals surface area contributed by atoms with Crippen molar-refractivity contribution in [2.24, 2.45) is 0 Å². The third-order valence-electron chi connectivity index (χ3n) is 2.02. The second-order valence-corrected chi connectivity index (χ2v) is 4.15. The summed E-state index contributed by atoms with van der Waals surface area (Å²) in [5, 5.41) is 9.86. The van der Waals surface area contributed by atoms with Crippen molar-refractivity contribution in [1.29, 1.82) is 5.26 Å². The molecule has 0 radical (unpaired) electrons. The summed E-state index contributed by atoms with van der Waals surface area (Å²) in [5.41, 5.74) is -0.654. The molecule has 82 valence electrons. The summed E-state index contributed by atoms with van der Waals surface area (Å²) in [6, 6.07) is 3.10. The average Bonchev–Trinajstić information content (AvgIpc) is 2.62. The van der Waals surface area contributed by atoms with Crippen LogP contribution in [0.15, 0.2) is 11.4 Å². The van der Waals surface area contributed by atoms with Crippen molar-refractivity contribution in [2.45, 2.75) is 31.9 Å². The molecule has 5 heteroatoms. The molecule has 0 amide bonds. The van der Waals surface area contributed by atoms with E-state index in [4.69, 9.17) is 5.26 Å². The molecule has 0 bridgehead atoms. The van der Waals surface area contributed by atoms with Gasteiger partial charge in [0.15, 0.2) is 0 Å². The Morgan fingerprint density at radius 1 is 1.53 bits per heavy atom. The largest absolute Gasteiger partial charge is 0.417 e. The van der Waals surface area contributed by atoms with Gasteiger partial charge in [-0.3, -0.25) is 0 Å². The van der Waals surface area contributed by atoms with Crippen molar-refractivity contribution in [1.82, 2.24) is 0 Å². The molecule has 0 spiro atoms. The van der Waals surface area contributed by atoms with Crippen molar-refractivity contribution in [3.63, 3.8) is 0 Å². The fourth-order valence-electron chi connectivity index (χ4n) is 1.24. The highest BCUT2D eigenvalue weighted by Crippen LogP contribution is 2.35. The first-order chi connectivity index (χ1) is 6.99. The van der Waals surface area contributed by atoms with E-state index in [9.17, 15) is 13.2 Å². The fraction of sp³-hybridized carbons (Fsp3) is 0.500. The normalized spacial score (nSPS) is 13.5. The molecule has 1 rings (SSSR count). The van der Waals surface area contributed by atoms with E-state index in [2.05, 4.69) is 0 Å². The lowest BCUT2D eigenvalue weighted by Crippen LogP contribution is -2.02. The highest BCUT2D eigenvalue weighted by atomic mass is 32.1. The molecule has 1 unspecified atom stereocenters. The first-order valence-electron chi connectivity index (χ1n) is 4.54. The van der Waals surface area contributed by atoms with Crippen molar-refractivity contribution in [2.75, 3.05) is 0 Å². The van der Waals surface area contributed by atoms with Crippen LogP contribution in [-0.2, 0) is 6.18 Å². The van der Waals surface area contributed by atoms with Crippen LogP contribution in [0.2, 0.25) is 0 Å². The van der Waals surface area contributed by atoms with Crippen LogP contribution in [0.25, 0.3) is 0 Å². The highest BCUT2D eigenvalue weighted by Gasteiger charge is 2.32. The number of hydrogen-bond donors (Lipinski definition) is 0. The molecule has 1 atom stereocenters. The minimum atomic E-state index is -4.30. The lowest BCUT2D eigenvalue weighted by atomic mass is 10.0. The molecule has 0 N–H and O–H groups in total. The van der Waals surface area contributed by atoms with Crippen molar-refractivity contribution in [3.8, 4) is 6.07 Å². The zero-order chi connectivity index (χ0) is 11.5. The molecule has 1 aromatic heterocycles. The molecular weight excluding hydrogens is 223 g/mol. The van der Waals surface area contributed by atoms with Crippen LogP contribution in [-0.4, -0.2) is 0 Å². The predicted molar refractivity (Wildman–Crippen MR) is 52.6 cm³/mol. The zero-order valence-corrected chi connectivity index (χ0v) is 8.95. The van der Waals surface area contributed by atoms with Gasteiger partial charge in [0.05, 0.1) is 17.6 Å².